The summed E-state index contributed by atoms with van der Waals surface area (Å²) in [6.07, 6.45) is 4.51. The Labute approximate surface area is 462 Å². The Morgan fingerprint density at radius 3 is 1.38 bits per heavy atom. The van der Waals surface area contributed by atoms with Crippen molar-refractivity contribution in [1.82, 2.24) is 35.3 Å². The molecule has 0 bridgehead atoms. The van der Waals surface area contributed by atoms with Gasteiger partial charge in [0.2, 0.25) is 5.91 Å². The number of nitrogens with one attached hydrogen (secondary N) is 1. The zero-order valence-electron chi connectivity index (χ0n) is 45.5. The smallest absolute Gasteiger partial charge is 0.340 e. The van der Waals surface area contributed by atoms with E-state index in [1.165, 1.54) is 23.2 Å². The molecule has 0 spiro atoms. The molecule has 1 amide bonds. The first-order valence-electron chi connectivity index (χ1n) is 25.0. The molecule has 0 fully saturated rings. The number of esters is 2. The van der Waals surface area contributed by atoms with Gasteiger partial charge >= 0.3 is 11.9 Å². The number of nitrogens with two attached hydrogens (primary N) is 1. The number of phenols is 4. The molecule has 0 saturated carbocycles. The van der Waals surface area contributed by atoms with Crippen LogP contribution in [-0.2, 0) is 32.0 Å². The Hall–Kier alpha value is -10.2. The molecule has 7 N–H and O–H groups in total. The molecule has 0 aliphatic rings. The largest absolute Gasteiger partial charge is 0.506 e. The first kappa shape index (κ1) is 59.0. The second-order valence-corrected chi connectivity index (χ2v) is 18.6. The number of hydrogen-bond donors (Lipinski definition) is 6. The molecule has 0 saturated heterocycles. The first-order valence-corrected chi connectivity index (χ1v) is 25.0. The standard InChI is InChI=1S/C28H28N6O3.C24H24N6O2.C8H10O3/c1-17(2)28(37)29-12-11-20-9-10-26(35)25(15-20)34-16-24(32-33-34)21-13-18(3)14-23(27(21)36)31-30-22-8-6-5-7-19(22)4;1-15-11-18(24(32)20(12-15)27-26-19-6-4-3-5-16(19)2)21-14-30(29-28-21)22-13-17(9-10-25)7-8-23(22)31;1-5(2)7(9)11-8(10)6(3)4/h5-10,13-16,35-36H,1,11-12H2,2-4H3,(H,29,37);3-8,11-14,31-32H,9-10,25H2,1-2H3;1,3H2,2,4H3. The summed E-state index contributed by atoms with van der Waals surface area (Å²) in [5.74, 6) is -1.63. The van der Waals surface area contributed by atoms with Gasteiger partial charge in [0.25, 0.3) is 0 Å². The zero-order chi connectivity index (χ0) is 58.2. The molecule has 2 aromatic heterocycles. The molecule has 2 heterocycles. The molecule has 6 aromatic carbocycles. The molecule has 20 heteroatoms. The van der Waals surface area contributed by atoms with Crippen LogP contribution in [0.15, 0.2) is 179 Å². The quantitative estimate of drug-likeness (QED) is 0.0227. The number of ether oxygens (including phenoxy) is 1. The Morgan fingerprint density at radius 2 is 0.975 bits per heavy atom. The van der Waals surface area contributed by atoms with Crippen LogP contribution in [0, 0.1) is 27.7 Å². The van der Waals surface area contributed by atoms with E-state index >= 15 is 0 Å². The molecule has 8 aromatic rings. The topological polar surface area (TPSA) is 290 Å². The van der Waals surface area contributed by atoms with Crippen LogP contribution in [0.2, 0.25) is 0 Å². The average Bonchev–Trinajstić information content (AvgIpc) is 4.13. The Bertz CT molecular complexity index is 3660. The molecule has 0 aliphatic carbocycles. The lowest BCUT2D eigenvalue weighted by molar-refractivity contribution is -0.153. The number of aryl methyl sites for hydroxylation is 4. The number of benzene rings is 6. The average molecular weight is 1080 g/mol. The van der Waals surface area contributed by atoms with Gasteiger partial charge in [-0.25, -0.2) is 19.0 Å². The van der Waals surface area contributed by atoms with Crippen LogP contribution in [0.25, 0.3) is 33.9 Å². The Balaban J connectivity index is 0.000000219. The van der Waals surface area contributed by atoms with E-state index in [4.69, 9.17) is 5.73 Å². The number of hydrogen-bond acceptors (Lipinski definition) is 17. The van der Waals surface area contributed by atoms with Gasteiger partial charge in [-0.05, 0) is 162 Å². The maximum Gasteiger partial charge on any atom is 0.340 e. The maximum atomic E-state index is 11.7. The minimum atomic E-state index is -0.710. The summed E-state index contributed by atoms with van der Waals surface area (Å²) in [7, 11) is 0. The van der Waals surface area contributed by atoms with E-state index in [-0.39, 0.29) is 40.1 Å². The molecule has 80 heavy (non-hydrogen) atoms. The van der Waals surface area contributed by atoms with Crippen LogP contribution in [0.3, 0.4) is 0 Å². The third-order valence-electron chi connectivity index (χ3n) is 11.7. The minimum absolute atomic E-state index is 0.0207. The van der Waals surface area contributed by atoms with E-state index in [2.05, 4.69) is 70.9 Å². The second kappa shape index (κ2) is 27.2. The second-order valence-electron chi connectivity index (χ2n) is 18.6. The number of nitrogens with zero attached hydrogens (tertiary/aromatic N) is 10. The number of carbonyl (C=O) groups is 3. The van der Waals surface area contributed by atoms with Gasteiger partial charge in [-0.1, -0.05) is 78.7 Å². The van der Waals surface area contributed by atoms with E-state index in [1.54, 1.807) is 67.8 Å². The van der Waals surface area contributed by atoms with Crippen LogP contribution in [-0.4, -0.2) is 81.3 Å². The fraction of sp³-hybridized carbons (Fsp3) is 0.183. The number of aromatic nitrogens is 6. The van der Waals surface area contributed by atoms with Gasteiger partial charge in [-0.15, -0.1) is 20.4 Å². The third-order valence-corrected chi connectivity index (χ3v) is 11.7. The lowest BCUT2D eigenvalue weighted by Gasteiger charge is -2.09. The molecular formula is C60H62N12O8. The normalized spacial score (nSPS) is 10.8. The number of aromatic hydroxyl groups is 4. The molecule has 8 rings (SSSR count). The van der Waals surface area contributed by atoms with Crippen molar-refractivity contribution in [3.05, 3.63) is 191 Å². The van der Waals surface area contributed by atoms with Crippen LogP contribution in [0.5, 0.6) is 23.0 Å². The van der Waals surface area contributed by atoms with Crippen molar-refractivity contribution in [3.63, 3.8) is 0 Å². The summed E-state index contributed by atoms with van der Waals surface area (Å²) >= 11 is 0. The summed E-state index contributed by atoms with van der Waals surface area (Å²) in [6.45, 7) is 23.4. The van der Waals surface area contributed by atoms with Crippen molar-refractivity contribution in [3.8, 4) is 56.9 Å². The van der Waals surface area contributed by atoms with E-state index in [0.29, 0.717) is 82.5 Å². The zero-order valence-corrected chi connectivity index (χ0v) is 45.5. The monoisotopic (exact) mass is 1080 g/mol. The number of phenolic OH excluding ortho intramolecular Hbond substituents is 4. The molecule has 0 aliphatic heterocycles. The van der Waals surface area contributed by atoms with E-state index < -0.39 is 11.9 Å². The number of rotatable bonds is 16. The number of azo groups is 2. The third kappa shape index (κ3) is 15.7. The van der Waals surface area contributed by atoms with Crippen LogP contribution < -0.4 is 11.1 Å². The van der Waals surface area contributed by atoms with E-state index in [1.807, 2.05) is 88.4 Å². The Morgan fingerprint density at radius 1 is 0.562 bits per heavy atom. The predicted octanol–water partition coefficient (Wildman–Crippen LogP) is 11.7. The predicted molar refractivity (Wildman–Crippen MR) is 305 cm³/mol. The van der Waals surface area contributed by atoms with E-state index in [0.717, 1.165) is 39.1 Å². The Kier molecular flexibility index (Phi) is 20.1. The highest BCUT2D eigenvalue weighted by Crippen LogP contribution is 2.41. The molecule has 20 nitrogen and oxygen atoms in total. The van der Waals surface area contributed by atoms with Gasteiger partial charge in [-0.3, -0.25) is 4.79 Å². The van der Waals surface area contributed by atoms with Crippen molar-refractivity contribution >= 4 is 40.6 Å². The fourth-order valence-electron chi connectivity index (χ4n) is 7.35. The lowest BCUT2D eigenvalue weighted by Crippen LogP contribution is -2.25. The summed E-state index contributed by atoms with van der Waals surface area (Å²) < 4.78 is 7.21. The summed E-state index contributed by atoms with van der Waals surface area (Å²) in [6, 6.07) is 32.7. The molecule has 410 valence electrons. The van der Waals surface area contributed by atoms with Crippen LogP contribution >= 0.6 is 0 Å². The molecule has 0 atom stereocenters. The van der Waals surface area contributed by atoms with Gasteiger partial charge in [0, 0.05) is 34.4 Å². The molecule has 0 unspecified atom stereocenters. The van der Waals surface area contributed by atoms with Crippen molar-refractivity contribution in [2.24, 2.45) is 26.2 Å². The highest BCUT2D eigenvalue weighted by molar-refractivity contribution is 6.00. The van der Waals surface area contributed by atoms with Crippen molar-refractivity contribution in [1.29, 1.82) is 0 Å². The number of amides is 1. The first-order chi connectivity index (χ1) is 38.1. The van der Waals surface area contributed by atoms with Crippen molar-refractivity contribution in [2.75, 3.05) is 13.1 Å². The van der Waals surface area contributed by atoms with Gasteiger partial charge in [0.15, 0.2) is 11.5 Å². The SMILES string of the molecule is C=C(C)C(=O)NCCc1ccc(O)c(-n2cc(-c3cc(C)cc(N=Nc4ccccc4C)c3O)nn2)c1.C=C(C)C(=O)OC(=O)C(=C)C.Cc1cc(N=Nc2ccccc2C)c(O)c(-c2cn(-c3cc(CCN)ccc3O)nn2)c1. The van der Waals surface area contributed by atoms with Gasteiger partial charge in [-0.2, -0.15) is 10.2 Å². The summed E-state index contributed by atoms with van der Waals surface area (Å²) in [5, 5.41) is 79.2. The van der Waals surface area contributed by atoms with Gasteiger partial charge in [0.05, 0.1) is 23.8 Å². The minimum Gasteiger partial charge on any atom is -0.506 e. The highest BCUT2D eigenvalue weighted by atomic mass is 16.6. The lowest BCUT2D eigenvalue weighted by atomic mass is 10.1. The number of carbonyl (C=O) groups excluding carboxylic acids is 3. The van der Waals surface area contributed by atoms with Crippen LogP contribution in [0.4, 0.5) is 22.7 Å². The van der Waals surface area contributed by atoms with Gasteiger partial charge in [0.1, 0.15) is 45.6 Å². The maximum absolute atomic E-state index is 11.7. The van der Waals surface area contributed by atoms with Crippen LogP contribution in [0.1, 0.15) is 54.2 Å². The molecular weight excluding hydrogens is 1020 g/mol. The van der Waals surface area contributed by atoms with Crippen molar-refractivity contribution < 1.29 is 39.5 Å². The fourth-order valence-corrected chi connectivity index (χ4v) is 7.35. The van der Waals surface area contributed by atoms with Gasteiger partial charge < -0.3 is 36.2 Å². The highest BCUT2D eigenvalue weighted by Gasteiger charge is 2.19. The molecule has 0 radical (unpaired) electrons. The summed E-state index contributed by atoms with van der Waals surface area (Å²) in [4.78, 5) is 33.1. The van der Waals surface area contributed by atoms with Crippen molar-refractivity contribution in [2.45, 2.75) is 61.3 Å². The van der Waals surface area contributed by atoms with E-state index in [9.17, 15) is 34.8 Å². The summed E-state index contributed by atoms with van der Waals surface area (Å²) in [5.41, 5.74) is 16.9.